The molecule has 1 heterocycles. The highest BCUT2D eigenvalue weighted by atomic mass is 16.5. The molecule has 5 nitrogen and oxygen atoms in total. The number of rotatable bonds is 9. The lowest BCUT2D eigenvalue weighted by molar-refractivity contribution is 0.0668. The first-order valence-corrected chi connectivity index (χ1v) is 9.66. The van der Waals surface area contributed by atoms with Crippen LogP contribution in [-0.2, 0) is 6.54 Å². The van der Waals surface area contributed by atoms with Gasteiger partial charge in [0.15, 0.2) is 11.5 Å². The Morgan fingerprint density at radius 1 is 1.27 bits per heavy atom. The Morgan fingerprint density at radius 2 is 2.00 bits per heavy atom. The van der Waals surface area contributed by atoms with Gasteiger partial charge in [0.05, 0.1) is 7.11 Å². The van der Waals surface area contributed by atoms with Gasteiger partial charge < -0.3 is 19.5 Å². The molecule has 0 amide bonds. The van der Waals surface area contributed by atoms with Crippen molar-refractivity contribution < 1.29 is 14.6 Å². The molecule has 1 aliphatic heterocycles. The largest absolute Gasteiger partial charge is 0.493 e. The van der Waals surface area contributed by atoms with Crippen molar-refractivity contribution in [1.29, 1.82) is 0 Å². The van der Waals surface area contributed by atoms with Crippen LogP contribution in [-0.4, -0.2) is 66.4 Å². The summed E-state index contributed by atoms with van der Waals surface area (Å²) in [6, 6.07) is 6.50. The molecule has 0 aromatic heterocycles. The minimum absolute atomic E-state index is 0.256. The predicted molar refractivity (Wildman–Crippen MR) is 106 cm³/mol. The lowest BCUT2D eigenvalue weighted by Crippen LogP contribution is -2.37. The number of aliphatic hydroxyl groups excluding tert-OH is 1. The summed E-state index contributed by atoms with van der Waals surface area (Å²) in [5.74, 6) is 1.41. The molecule has 5 heteroatoms. The Balaban J connectivity index is 1.95. The monoisotopic (exact) mass is 364 g/mol. The minimum atomic E-state index is -0.530. The van der Waals surface area contributed by atoms with Crippen LogP contribution in [0.3, 0.4) is 0 Å². The van der Waals surface area contributed by atoms with E-state index in [0.717, 1.165) is 18.8 Å². The lowest BCUT2D eigenvalue weighted by Gasteiger charge is -2.31. The molecule has 148 valence electrons. The van der Waals surface area contributed by atoms with Gasteiger partial charge in [-0.15, -0.1) is 0 Å². The van der Waals surface area contributed by atoms with Crippen LogP contribution in [0, 0.1) is 0 Å². The molecule has 0 bridgehead atoms. The Kier molecular flexibility index (Phi) is 7.33. The Bertz CT molecular complexity index is 574. The van der Waals surface area contributed by atoms with E-state index in [-0.39, 0.29) is 12.1 Å². The van der Waals surface area contributed by atoms with Crippen molar-refractivity contribution >= 4 is 0 Å². The number of hydrogen-bond acceptors (Lipinski definition) is 5. The van der Waals surface area contributed by atoms with Crippen LogP contribution in [0.15, 0.2) is 18.2 Å². The summed E-state index contributed by atoms with van der Waals surface area (Å²) in [5, 5.41) is 10.2. The molecule has 1 saturated heterocycles. The zero-order valence-corrected chi connectivity index (χ0v) is 17.3. The molecule has 2 rings (SSSR count). The van der Waals surface area contributed by atoms with Gasteiger partial charge >= 0.3 is 0 Å². The second kappa shape index (κ2) is 9.07. The fraction of sp³-hybridized carbons (Fsp3) is 0.714. The summed E-state index contributed by atoms with van der Waals surface area (Å²) >= 11 is 0. The van der Waals surface area contributed by atoms with Crippen LogP contribution in [0.4, 0.5) is 0 Å². The van der Waals surface area contributed by atoms with E-state index in [1.165, 1.54) is 18.4 Å². The number of ether oxygens (including phenoxy) is 2. The number of benzene rings is 1. The molecular weight excluding hydrogens is 328 g/mol. The third-order valence-corrected chi connectivity index (χ3v) is 5.49. The van der Waals surface area contributed by atoms with Gasteiger partial charge in [-0.25, -0.2) is 0 Å². The zero-order chi connectivity index (χ0) is 19.3. The van der Waals surface area contributed by atoms with Gasteiger partial charge in [-0.1, -0.05) is 6.07 Å². The van der Waals surface area contributed by atoms with E-state index in [1.807, 2.05) is 13.1 Å². The smallest absolute Gasteiger partial charge is 0.161 e. The van der Waals surface area contributed by atoms with Crippen LogP contribution in [0.5, 0.6) is 11.5 Å². The maximum Gasteiger partial charge on any atom is 0.161 e. The van der Waals surface area contributed by atoms with Gasteiger partial charge in [-0.05, 0) is 71.8 Å². The molecule has 0 radical (unpaired) electrons. The summed E-state index contributed by atoms with van der Waals surface area (Å²) in [5.41, 5.74) is 1.49. The van der Waals surface area contributed by atoms with Gasteiger partial charge in [0, 0.05) is 24.7 Å². The first-order valence-electron chi connectivity index (χ1n) is 9.66. The lowest BCUT2D eigenvalue weighted by atomic mass is 10.0. The topological polar surface area (TPSA) is 45.2 Å². The Morgan fingerprint density at radius 3 is 2.58 bits per heavy atom. The number of likely N-dealkylation sites (N-methyl/N-ethyl adjacent to an activating group) is 1. The first kappa shape index (κ1) is 21.0. The van der Waals surface area contributed by atoms with Crippen LogP contribution >= 0.6 is 0 Å². The molecular formula is C21H36N2O3. The molecule has 1 fully saturated rings. The van der Waals surface area contributed by atoms with Crippen molar-refractivity contribution in [1.82, 2.24) is 9.80 Å². The quantitative estimate of drug-likeness (QED) is 0.729. The van der Waals surface area contributed by atoms with Crippen molar-refractivity contribution in [2.24, 2.45) is 0 Å². The Labute approximate surface area is 158 Å². The van der Waals surface area contributed by atoms with Gasteiger partial charge in [0.1, 0.15) is 12.7 Å². The van der Waals surface area contributed by atoms with E-state index in [2.05, 4.69) is 49.6 Å². The van der Waals surface area contributed by atoms with Crippen molar-refractivity contribution in [3.05, 3.63) is 23.8 Å². The minimum Gasteiger partial charge on any atom is -0.493 e. The number of likely N-dealkylation sites (tertiary alicyclic amines) is 1. The zero-order valence-electron chi connectivity index (χ0n) is 17.3. The standard InChI is InChI=1S/C21H36N2O3/c1-16(2)22(5)14-18(24)15-26-19-9-8-17(12-20(19)25-6)13-23-11-7-10-21(23,3)4/h8-9,12,16,18,24H,7,10-11,13-15H2,1-6H3/t18-/m0/s1. The second-order valence-electron chi connectivity index (χ2n) is 8.32. The molecule has 1 aromatic carbocycles. The average Bonchev–Trinajstić information content (AvgIpc) is 2.91. The molecule has 0 saturated carbocycles. The third-order valence-electron chi connectivity index (χ3n) is 5.49. The summed E-state index contributed by atoms with van der Waals surface area (Å²) in [6.07, 6.45) is 1.97. The van der Waals surface area contributed by atoms with E-state index in [0.29, 0.717) is 18.3 Å². The molecule has 0 unspecified atom stereocenters. The second-order valence-corrected chi connectivity index (χ2v) is 8.32. The molecule has 1 N–H and O–H groups in total. The van der Waals surface area contributed by atoms with Gasteiger partial charge in [-0.2, -0.15) is 0 Å². The molecule has 0 spiro atoms. The van der Waals surface area contributed by atoms with E-state index in [9.17, 15) is 5.11 Å². The summed E-state index contributed by atoms with van der Waals surface area (Å²) in [4.78, 5) is 4.62. The normalized spacial score (nSPS) is 18.5. The SMILES string of the molecule is COc1cc(CN2CCCC2(C)C)ccc1OC[C@@H](O)CN(C)C(C)C. The van der Waals surface area contributed by atoms with E-state index in [1.54, 1.807) is 7.11 Å². The van der Waals surface area contributed by atoms with Crippen LogP contribution in [0.25, 0.3) is 0 Å². The van der Waals surface area contributed by atoms with Crippen LogP contribution < -0.4 is 9.47 Å². The van der Waals surface area contributed by atoms with Crippen LogP contribution in [0.2, 0.25) is 0 Å². The van der Waals surface area contributed by atoms with Gasteiger partial charge in [-0.3, -0.25) is 4.90 Å². The molecule has 1 atom stereocenters. The maximum absolute atomic E-state index is 10.2. The van der Waals surface area contributed by atoms with Gasteiger partial charge in [0.2, 0.25) is 0 Å². The molecule has 1 aromatic rings. The highest BCUT2D eigenvalue weighted by Crippen LogP contribution is 2.33. The molecule has 0 aliphatic carbocycles. The van der Waals surface area contributed by atoms with Crippen molar-refractivity contribution in [3.8, 4) is 11.5 Å². The number of aliphatic hydroxyl groups is 1. The van der Waals surface area contributed by atoms with Crippen LogP contribution in [0.1, 0.15) is 46.1 Å². The highest BCUT2D eigenvalue weighted by molar-refractivity contribution is 5.43. The number of methoxy groups -OCH3 is 1. The number of nitrogens with zero attached hydrogens (tertiary/aromatic N) is 2. The third kappa shape index (κ3) is 5.60. The average molecular weight is 365 g/mol. The van der Waals surface area contributed by atoms with Crippen molar-refractivity contribution in [2.75, 3.05) is 33.9 Å². The summed E-state index contributed by atoms with van der Waals surface area (Å²) in [7, 11) is 3.66. The fourth-order valence-electron chi connectivity index (χ4n) is 3.39. The van der Waals surface area contributed by atoms with Gasteiger partial charge in [0.25, 0.3) is 0 Å². The predicted octanol–water partition coefficient (Wildman–Crippen LogP) is 3.15. The summed E-state index contributed by atoms with van der Waals surface area (Å²) in [6.45, 7) is 11.7. The highest BCUT2D eigenvalue weighted by Gasteiger charge is 2.31. The van der Waals surface area contributed by atoms with E-state index < -0.39 is 6.10 Å². The number of hydrogen-bond donors (Lipinski definition) is 1. The maximum atomic E-state index is 10.2. The van der Waals surface area contributed by atoms with Crippen molar-refractivity contribution in [3.63, 3.8) is 0 Å². The van der Waals surface area contributed by atoms with Crippen molar-refractivity contribution in [2.45, 2.75) is 64.8 Å². The summed E-state index contributed by atoms with van der Waals surface area (Å²) < 4.78 is 11.3. The van der Waals surface area contributed by atoms with E-state index >= 15 is 0 Å². The fourth-order valence-corrected chi connectivity index (χ4v) is 3.39. The van der Waals surface area contributed by atoms with E-state index in [4.69, 9.17) is 9.47 Å². The first-order chi connectivity index (χ1) is 12.2. The molecule has 1 aliphatic rings. The molecule has 26 heavy (non-hydrogen) atoms. The Hall–Kier alpha value is -1.30.